The molecule has 1 aliphatic carbocycles. The molecule has 5 heteroatoms. The van der Waals surface area contributed by atoms with E-state index in [1.807, 2.05) is 0 Å². The van der Waals surface area contributed by atoms with E-state index >= 15 is 0 Å². The summed E-state index contributed by atoms with van der Waals surface area (Å²) in [6.45, 7) is 0. The fourth-order valence-corrected chi connectivity index (χ4v) is 2.12. The Bertz CT molecular complexity index is 664. The van der Waals surface area contributed by atoms with Gasteiger partial charge in [-0.2, -0.15) is 0 Å². The number of rotatable bonds is 2. The van der Waals surface area contributed by atoms with Crippen LogP contribution in [0.2, 0.25) is 0 Å². The average molecular weight is 281 g/mol. The number of hydrogen-bond donors (Lipinski definition) is 0. The van der Waals surface area contributed by atoms with Crippen LogP contribution in [0.15, 0.2) is 60.7 Å². The predicted molar refractivity (Wildman–Crippen MR) is 73.9 cm³/mol. The van der Waals surface area contributed by atoms with Gasteiger partial charge in [-0.25, -0.2) is 4.79 Å². The minimum Gasteiger partial charge on any atom is -0.329 e. The van der Waals surface area contributed by atoms with Gasteiger partial charge in [0.25, 0.3) is 11.8 Å². The van der Waals surface area contributed by atoms with Crippen LogP contribution in [-0.2, 0) is 9.63 Å². The van der Waals surface area contributed by atoms with E-state index in [0.717, 1.165) is 0 Å². The lowest BCUT2D eigenvalue weighted by molar-refractivity contribution is -0.170. The Kier molecular flexibility index (Phi) is 3.23. The monoisotopic (exact) mass is 281 g/mol. The number of amides is 2. The van der Waals surface area contributed by atoms with Crippen LogP contribution in [-0.4, -0.2) is 22.8 Å². The molecule has 0 radical (unpaired) electrons. The molecular formula is C16H11NO4. The molecule has 2 aliphatic rings. The maximum atomic E-state index is 12.1. The van der Waals surface area contributed by atoms with Crippen molar-refractivity contribution in [3.8, 4) is 0 Å². The SMILES string of the molecule is O=C(ON1C(=O)c2ccccc2C1=O)C1C=CC=CC=C1. The first-order valence-electron chi connectivity index (χ1n) is 6.40. The van der Waals surface area contributed by atoms with Crippen molar-refractivity contribution >= 4 is 17.8 Å². The summed E-state index contributed by atoms with van der Waals surface area (Å²) in [5.41, 5.74) is 0.479. The van der Waals surface area contributed by atoms with E-state index in [4.69, 9.17) is 4.84 Å². The van der Waals surface area contributed by atoms with E-state index in [1.54, 1.807) is 48.6 Å². The van der Waals surface area contributed by atoms with Crippen LogP contribution in [0.1, 0.15) is 20.7 Å². The number of fused-ring (bicyclic) bond motifs is 1. The lowest BCUT2D eigenvalue weighted by Crippen LogP contribution is -2.34. The highest BCUT2D eigenvalue weighted by Crippen LogP contribution is 2.23. The molecule has 21 heavy (non-hydrogen) atoms. The number of benzene rings is 1. The second-order valence-electron chi connectivity index (χ2n) is 4.54. The number of carbonyl (C=O) groups is 3. The average Bonchev–Trinajstić information content (AvgIpc) is 2.72. The molecular weight excluding hydrogens is 270 g/mol. The molecule has 5 nitrogen and oxygen atoms in total. The Labute approximate surface area is 120 Å². The highest BCUT2D eigenvalue weighted by Gasteiger charge is 2.39. The molecule has 0 saturated heterocycles. The van der Waals surface area contributed by atoms with Gasteiger partial charge in [-0.1, -0.05) is 53.7 Å². The molecule has 0 aromatic heterocycles. The first-order chi connectivity index (χ1) is 10.2. The summed E-state index contributed by atoms with van der Waals surface area (Å²) in [5.74, 6) is -2.56. The molecule has 0 unspecified atom stereocenters. The van der Waals surface area contributed by atoms with Crippen molar-refractivity contribution in [2.24, 2.45) is 5.92 Å². The standard InChI is InChI=1S/C16H11NO4/c18-14-12-9-5-6-10-13(12)15(19)17(14)21-16(20)11-7-3-1-2-4-8-11/h1-11H. The predicted octanol–water partition coefficient (Wildman–Crippen LogP) is 2.04. The molecule has 1 aromatic carbocycles. The second kappa shape index (κ2) is 5.20. The van der Waals surface area contributed by atoms with Crippen LogP contribution in [0.25, 0.3) is 0 Å². The largest absolute Gasteiger partial charge is 0.343 e. The van der Waals surface area contributed by atoms with Gasteiger partial charge in [0.15, 0.2) is 0 Å². The highest BCUT2D eigenvalue weighted by atomic mass is 16.7. The number of allylic oxidation sites excluding steroid dienone is 4. The fraction of sp³-hybridized carbons (Fsp3) is 0.0625. The van der Waals surface area contributed by atoms with Crippen molar-refractivity contribution in [3.05, 3.63) is 71.8 Å². The van der Waals surface area contributed by atoms with Gasteiger partial charge in [0.05, 0.1) is 17.0 Å². The second-order valence-corrected chi connectivity index (χ2v) is 4.54. The first-order valence-corrected chi connectivity index (χ1v) is 6.40. The summed E-state index contributed by atoms with van der Waals surface area (Å²) in [4.78, 5) is 41.2. The molecule has 1 aromatic rings. The summed E-state index contributed by atoms with van der Waals surface area (Å²) in [5, 5.41) is 0.521. The summed E-state index contributed by atoms with van der Waals surface area (Å²) in [7, 11) is 0. The first kappa shape index (κ1) is 13.1. The van der Waals surface area contributed by atoms with Gasteiger partial charge in [-0.05, 0) is 12.1 Å². The lowest BCUT2D eigenvalue weighted by Gasteiger charge is -2.14. The number of carbonyl (C=O) groups excluding carboxylic acids is 3. The van der Waals surface area contributed by atoms with Crippen molar-refractivity contribution in [3.63, 3.8) is 0 Å². The van der Waals surface area contributed by atoms with Gasteiger partial charge in [-0.3, -0.25) is 9.59 Å². The third kappa shape index (κ3) is 2.29. The van der Waals surface area contributed by atoms with Crippen LogP contribution >= 0.6 is 0 Å². The van der Waals surface area contributed by atoms with E-state index in [-0.39, 0.29) is 11.1 Å². The number of nitrogens with zero attached hydrogens (tertiary/aromatic N) is 1. The van der Waals surface area contributed by atoms with Crippen molar-refractivity contribution in [2.75, 3.05) is 0 Å². The summed E-state index contributed by atoms with van der Waals surface area (Å²) < 4.78 is 0. The smallest absolute Gasteiger partial charge is 0.329 e. The molecule has 0 atom stereocenters. The van der Waals surface area contributed by atoms with Gasteiger partial charge in [-0.15, -0.1) is 0 Å². The van der Waals surface area contributed by atoms with Crippen LogP contribution < -0.4 is 0 Å². The molecule has 0 fully saturated rings. The number of hydrogen-bond acceptors (Lipinski definition) is 4. The molecule has 1 heterocycles. The number of imide groups is 1. The summed E-state index contributed by atoms with van der Waals surface area (Å²) >= 11 is 0. The Morgan fingerprint density at radius 2 is 1.43 bits per heavy atom. The lowest BCUT2D eigenvalue weighted by atomic mass is 10.1. The zero-order chi connectivity index (χ0) is 14.8. The highest BCUT2D eigenvalue weighted by molar-refractivity contribution is 6.20. The molecule has 0 N–H and O–H groups in total. The number of hydroxylamine groups is 2. The van der Waals surface area contributed by atoms with Crippen LogP contribution in [0.4, 0.5) is 0 Å². The molecule has 1 aliphatic heterocycles. The van der Waals surface area contributed by atoms with Crippen molar-refractivity contribution in [1.82, 2.24) is 5.06 Å². The topological polar surface area (TPSA) is 63.7 Å². The van der Waals surface area contributed by atoms with Crippen LogP contribution in [0.5, 0.6) is 0 Å². The van der Waals surface area contributed by atoms with Gasteiger partial charge in [0.1, 0.15) is 0 Å². The fourth-order valence-electron chi connectivity index (χ4n) is 2.12. The molecule has 2 amide bonds. The Balaban J connectivity index is 1.79. The van der Waals surface area contributed by atoms with E-state index in [9.17, 15) is 14.4 Å². The Morgan fingerprint density at radius 3 is 1.95 bits per heavy atom. The Morgan fingerprint density at radius 1 is 0.905 bits per heavy atom. The van der Waals surface area contributed by atoms with E-state index in [1.165, 1.54) is 12.1 Å². The summed E-state index contributed by atoms with van der Waals surface area (Å²) in [6.07, 6.45) is 10.2. The molecule has 0 bridgehead atoms. The third-order valence-corrected chi connectivity index (χ3v) is 3.18. The van der Waals surface area contributed by atoms with E-state index in [0.29, 0.717) is 5.06 Å². The quantitative estimate of drug-likeness (QED) is 0.778. The summed E-state index contributed by atoms with van der Waals surface area (Å²) in [6, 6.07) is 6.35. The van der Waals surface area contributed by atoms with E-state index in [2.05, 4.69) is 0 Å². The van der Waals surface area contributed by atoms with Crippen molar-refractivity contribution in [2.45, 2.75) is 0 Å². The zero-order valence-electron chi connectivity index (χ0n) is 10.9. The minimum atomic E-state index is -0.680. The molecule has 104 valence electrons. The van der Waals surface area contributed by atoms with Gasteiger partial charge in [0.2, 0.25) is 0 Å². The van der Waals surface area contributed by atoms with Crippen LogP contribution in [0, 0.1) is 5.92 Å². The minimum absolute atomic E-state index is 0.240. The molecule has 0 spiro atoms. The Hall–Kier alpha value is -2.95. The normalized spacial score (nSPS) is 17.0. The van der Waals surface area contributed by atoms with Gasteiger partial charge >= 0.3 is 5.97 Å². The van der Waals surface area contributed by atoms with Crippen molar-refractivity contribution < 1.29 is 19.2 Å². The maximum absolute atomic E-state index is 12.1. The molecule has 3 rings (SSSR count). The van der Waals surface area contributed by atoms with Gasteiger partial charge in [0, 0.05) is 0 Å². The molecule has 0 saturated carbocycles. The van der Waals surface area contributed by atoms with Crippen LogP contribution in [0.3, 0.4) is 0 Å². The zero-order valence-corrected chi connectivity index (χ0v) is 10.9. The maximum Gasteiger partial charge on any atom is 0.343 e. The van der Waals surface area contributed by atoms with E-state index < -0.39 is 23.7 Å². The third-order valence-electron chi connectivity index (χ3n) is 3.18. The van der Waals surface area contributed by atoms with Gasteiger partial charge < -0.3 is 4.84 Å². The van der Waals surface area contributed by atoms with Crippen molar-refractivity contribution in [1.29, 1.82) is 0 Å².